The number of benzene rings is 2. The summed E-state index contributed by atoms with van der Waals surface area (Å²) in [4.78, 5) is 11.9. The highest BCUT2D eigenvalue weighted by molar-refractivity contribution is 6.35. The molecule has 0 aliphatic rings. The van der Waals surface area contributed by atoms with Gasteiger partial charge >= 0.3 is 0 Å². The highest BCUT2D eigenvalue weighted by atomic mass is 35.5. The first-order chi connectivity index (χ1) is 10.1. The third-order valence-electron chi connectivity index (χ3n) is 3.69. The second kappa shape index (κ2) is 5.38. The number of ketones is 1. The molecule has 3 heteroatoms. The number of aromatic nitrogens is 1. The second-order valence-electron chi connectivity index (χ2n) is 5.31. The number of aryl methyl sites for hydroxylation is 1. The molecular weight excluding hydrogens is 282 g/mol. The van der Waals surface area contributed by atoms with E-state index in [1.165, 1.54) is 0 Å². The molecule has 2 nitrogen and oxygen atoms in total. The fourth-order valence-electron chi connectivity index (χ4n) is 2.68. The standard InChI is InChI=1S/C18H16ClNO/c1-12-8-9-15-16(10-12)20(18(19)17(15)13(2)21)11-14-6-4-3-5-7-14/h3-10H,11H2,1-2H3. The van der Waals surface area contributed by atoms with E-state index in [4.69, 9.17) is 11.6 Å². The Kier molecular flexibility index (Phi) is 3.56. The summed E-state index contributed by atoms with van der Waals surface area (Å²) < 4.78 is 2.01. The molecular formula is C18H16ClNO. The Bertz CT molecular complexity index is 818. The van der Waals surface area contributed by atoms with Gasteiger partial charge in [0.25, 0.3) is 0 Å². The number of nitrogens with zero attached hydrogens (tertiary/aromatic N) is 1. The maximum absolute atomic E-state index is 11.9. The lowest BCUT2D eigenvalue weighted by Crippen LogP contribution is -2.00. The molecule has 0 saturated carbocycles. The van der Waals surface area contributed by atoms with Crippen LogP contribution in [0.5, 0.6) is 0 Å². The van der Waals surface area contributed by atoms with E-state index in [0.29, 0.717) is 17.3 Å². The zero-order chi connectivity index (χ0) is 15.0. The summed E-state index contributed by atoms with van der Waals surface area (Å²) in [6.45, 7) is 4.26. The van der Waals surface area contributed by atoms with E-state index in [0.717, 1.165) is 22.0 Å². The van der Waals surface area contributed by atoms with Gasteiger partial charge in [-0.05, 0) is 31.0 Å². The SMILES string of the molecule is CC(=O)c1c(Cl)n(Cc2ccccc2)c2cc(C)ccc12. The van der Waals surface area contributed by atoms with Gasteiger partial charge < -0.3 is 4.57 Å². The van der Waals surface area contributed by atoms with Crippen LogP contribution in [0.4, 0.5) is 0 Å². The van der Waals surface area contributed by atoms with Crippen molar-refractivity contribution in [3.63, 3.8) is 0 Å². The molecule has 106 valence electrons. The lowest BCUT2D eigenvalue weighted by atomic mass is 10.1. The molecule has 1 heterocycles. The van der Waals surface area contributed by atoms with Crippen molar-refractivity contribution in [3.8, 4) is 0 Å². The van der Waals surface area contributed by atoms with Gasteiger partial charge in [-0.15, -0.1) is 0 Å². The number of hydrogen-bond acceptors (Lipinski definition) is 1. The summed E-state index contributed by atoms with van der Waals surface area (Å²) in [5.41, 5.74) is 3.94. The Hall–Kier alpha value is -2.06. The molecule has 3 aromatic rings. The van der Waals surface area contributed by atoms with Gasteiger partial charge in [0.2, 0.25) is 0 Å². The Morgan fingerprint density at radius 2 is 1.86 bits per heavy atom. The molecule has 0 N–H and O–H groups in total. The average Bonchev–Trinajstić information content (AvgIpc) is 2.73. The number of carbonyl (C=O) groups excluding carboxylic acids is 1. The summed E-state index contributed by atoms with van der Waals surface area (Å²) in [6.07, 6.45) is 0. The predicted octanol–water partition coefficient (Wildman–Crippen LogP) is 4.85. The van der Waals surface area contributed by atoms with Crippen LogP contribution in [0.1, 0.15) is 28.4 Å². The molecule has 0 atom stereocenters. The Balaban J connectivity index is 2.24. The van der Waals surface area contributed by atoms with Gasteiger partial charge in [0.05, 0.1) is 11.1 Å². The molecule has 0 aliphatic carbocycles. The minimum Gasteiger partial charge on any atom is -0.327 e. The largest absolute Gasteiger partial charge is 0.327 e. The molecule has 0 spiro atoms. The summed E-state index contributed by atoms with van der Waals surface area (Å²) in [6, 6.07) is 16.2. The highest BCUT2D eigenvalue weighted by Crippen LogP contribution is 2.31. The number of carbonyl (C=O) groups is 1. The molecule has 0 fully saturated rings. The maximum Gasteiger partial charge on any atom is 0.163 e. The molecule has 0 bridgehead atoms. The summed E-state index contributed by atoms with van der Waals surface area (Å²) >= 11 is 6.49. The van der Waals surface area contributed by atoms with Gasteiger partial charge in [-0.25, -0.2) is 0 Å². The fraction of sp³-hybridized carbons (Fsp3) is 0.167. The predicted molar refractivity (Wildman–Crippen MR) is 87.2 cm³/mol. The second-order valence-corrected chi connectivity index (χ2v) is 5.67. The van der Waals surface area contributed by atoms with Gasteiger partial charge in [-0.2, -0.15) is 0 Å². The molecule has 0 saturated heterocycles. The van der Waals surface area contributed by atoms with Crippen LogP contribution in [0.25, 0.3) is 10.9 Å². The van der Waals surface area contributed by atoms with Crippen LogP contribution in [0, 0.1) is 6.92 Å². The van der Waals surface area contributed by atoms with Crippen LogP contribution >= 0.6 is 11.6 Å². The van der Waals surface area contributed by atoms with Gasteiger partial charge in [0, 0.05) is 11.9 Å². The topological polar surface area (TPSA) is 22.0 Å². The zero-order valence-electron chi connectivity index (χ0n) is 12.1. The summed E-state index contributed by atoms with van der Waals surface area (Å²) in [7, 11) is 0. The number of halogens is 1. The highest BCUT2D eigenvalue weighted by Gasteiger charge is 2.18. The molecule has 0 unspecified atom stereocenters. The smallest absolute Gasteiger partial charge is 0.163 e. The number of fused-ring (bicyclic) bond motifs is 1. The molecule has 0 aliphatic heterocycles. The Labute approximate surface area is 129 Å². The third-order valence-corrected chi connectivity index (χ3v) is 4.09. The van der Waals surface area contributed by atoms with Crippen molar-refractivity contribution in [1.82, 2.24) is 4.57 Å². The van der Waals surface area contributed by atoms with Crippen molar-refractivity contribution in [2.45, 2.75) is 20.4 Å². The van der Waals surface area contributed by atoms with Crippen molar-refractivity contribution >= 4 is 28.3 Å². The van der Waals surface area contributed by atoms with E-state index in [1.54, 1.807) is 6.92 Å². The first-order valence-electron chi connectivity index (χ1n) is 6.91. The van der Waals surface area contributed by atoms with E-state index in [-0.39, 0.29) is 5.78 Å². The monoisotopic (exact) mass is 297 g/mol. The van der Waals surface area contributed by atoms with Gasteiger partial charge in [-0.3, -0.25) is 4.79 Å². The van der Waals surface area contributed by atoms with E-state index >= 15 is 0 Å². The van der Waals surface area contributed by atoms with Crippen molar-refractivity contribution in [1.29, 1.82) is 0 Å². The molecule has 0 radical (unpaired) electrons. The summed E-state index contributed by atoms with van der Waals surface area (Å²) in [5.74, 6) is 0.000615. The molecule has 1 aromatic heterocycles. The quantitative estimate of drug-likeness (QED) is 0.633. The van der Waals surface area contributed by atoms with Crippen molar-refractivity contribution in [2.75, 3.05) is 0 Å². The molecule has 2 aromatic carbocycles. The van der Waals surface area contributed by atoms with Crippen molar-refractivity contribution < 1.29 is 4.79 Å². The molecule has 3 rings (SSSR count). The van der Waals surface area contributed by atoms with E-state index in [1.807, 2.05) is 41.8 Å². The van der Waals surface area contributed by atoms with Crippen molar-refractivity contribution in [2.24, 2.45) is 0 Å². The number of rotatable bonds is 3. The lowest BCUT2D eigenvalue weighted by molar-refractivity contribution is 0.101. The average molecular weight is 298 g/mol. The van der Waals surface area contributed by atoms with E-state index in [9.17, 15) is 4.79 Å². The van der Waals surface area contributed by atoms with Crippen LogP contribution in [0.3, 0.4) is 0 Å². The first kappa shape index (κ1) is 13.9. The minimum atomic E-state index is 0.000615. The van der Waals surface area contributed by atoms with Crippen LogP contribution in [-0.2, 0) is 6.54 Å². The zero-order valence-corrected chi connectivity index (χ0v) is 12.8. The maximum atomic E-state index is 11.9. The Morgan fingerprint density at radius 1 is 1.14 bits per heavy atom. The molecule has 0 amide bonds. The Morgan fingerprint density at radius 3 is 2.52 bits per heavy atom. The number of Topliss-reactive ketones (excluding diaryl/α,β-unsaturated/α-hetero) is 1. The van der Waals surface area contributed by atoms with Crippen molar-refractivity contribution in [3.05, 3.63) is 70.4 Å². The van der Waals surface area contributed by atoms with Gasteiger partial charge in [0.15, 0.2) is 5.78 Å². The van der Waals surface area contributed by atoms with E-state index < -0.39 is 0 Å². The van der Waals surface area contributed by atoms with Crippen LogP contribution in [0.15, 0.2) is 48.5 Å². The van der Waals surface area contributed by atoms with Crippen LogP contribution < -0.4 is 0 Å². The first-order valence-corrected chi connectivity index (χ1v) is 7.29. The normalized spacial score (nSPS) is 11.0. The van der Waals surface area contributed by atoms with Gasteiger partial charge in [0.1, 0.15) is 5.15 Å². The fourth-order valence-corrected chi connectivity index (χ4v) is 3.07. The summed E-state index contributed by atoms with van der Waals surface area (Å²) in [5, 5.41) is 1.45. The van der Waals surface area contributed by atoms with Crippen LogP contribution in [0.2, 0.25) is 5.15 Å². The van der Waals surface area contributed by atoms with Gasteiger partial charge in [-0.1, -0.05) is 54.1 Å². The lowest BCUT2D eigenvalue weighted by Gasteiger charge is -2.08. The molecule has 21 heavy (non-hydrogen) atoms. The van der Waals surface area contributed by atoms with Crippen LogP contribution in [-0.4, -0.2) is 10.4 Å². The third kappa shape index (κ3) is 2.47. The van der Waals surface area contributed by atoms with E-state index in [2.05, 4.69) is 18.2 Å². The minimum absolute atomic E-state index is 0.000615. The number of hydrogen-bond donors (Lipinski definition) is 0.